The molecule has 1 aromatic heterocycles. The van der Waals surface area contributed by atoms with Crippen molar-refractivity contribution in [2.45, 2.75) is 0 Å². The Bertz CT molecular complexity index is 642. The van der Waals surface area contributed by atoms with Crippen molar-refractivity contribution in [3.63, 3.8) is 0 Å². The highest BCUT2D eigenvalue weighted by Crippen LogP contribution is 2.27. The molecule has 0 spiro atoms. The van der Waals surface area contributed by atoms with E-state index < -0.39 is 5.82 Å². The van der Waals surface area contributed by atoms with Crippen LogP contribution in [-0.4, -0.2) is 4.98 Å². The maximum Gasteiger partial charge on any atom is 0.222 e. The molecule has 1 heterocycles. The van der Waals surface area contributed by atoms with Gasteiger partial charge in [0.1, 0.15) is 5.15 Å². The largest absolute Gasteiger partial charge is 0.436 e. The van der Waals surface area contributed by atoms with Crippen LogP contribution in [0.3, 0.4) is 0 Å². The quantitative estimate of drug-likeness (QED) is 0.773. The van der Waals surface area contributed by atoms with Gasteiger partial charge in [-0.15, -0.1) is 0 Å². The highest BCUT2D eigenvalue weighted by molar-refractivity contribution is 9.10. The van der Waals surface area contributed by atoms with E-state index in [1.54, 1.807) is 6.07 Å². The van der Waals surface area contributed by atoms with Gasteiger partial charge < -0.3 is 4.74 Å². The predicted molar refractivity (Wildman–Crippen MR) is 68.1 cm³/mol. The normalized spacial score (nSPS) is 9.89. The van der Waals surface area contributed by atoms with Crippen LogP contribution in [0.15, 0.2) is 34.8 Å². The molecule has 0 bridgehead atoms. The number of pyridine rings is 1. The van der Waals surface area contributed by atoms with Gasteiger partial charge >= 0.3 is 0 Å². The van der Waals surface area contributed by atoms with Gasteiger partial charge in [0.15, 0.2) is 11.6 Å². The zero-order valence-electron chi connectivity index (χ0n) is 8.82. The van der Waals surface area contributed by atoms with Crippen LogP contribution in [-0.2, 0) is 0 Å². The van der Waals surface area contributed by atoms with Crippen LogP contribution in [0.4, 0.5) is 4.39 Å². The van der Waals surface area contributed by atoms with Crippen molar-refractivity contribution < 1.29 is 9.13 Å². The highest BCUT2D eigenvalue weighted by atomic mass is 79.9. The van der Waals surface area contributed by atoms with E-state index in [0.717, 1.165) is 0 Å². The SMILES string of the molecule is N#Cc1cc(Cl)nc(Oc2cc(Br)ccc2F)c1. The summed E-state index contributed by atoms with van der Waals surface area (Å²) in [5.74, 6) is -0.461. The van der Waals surface area contributed by atoms with E-state index in [1.807, 2.05) is 6.07 Å². The minimum atomic E-state index is -0.529. The lowest BCUT2D eigenvalue weighted by molar-refractivity contribution is 0.427. The van der Waals surface area contributed by atoms with Gasteiger partial charge in [0, 0.05) is 10.5 Å². The Hall–Kier alpha value is -1.64. The Kier molecular flexibility index (Phi) is 3.80. The van der Waals surface area contributed by atoms with E-state index >= 15 is 0 Å². The summed E-state index contributed by atoms with van der Waals surface area (Å²) in [5, 5.41) is 8.89. The number of hydrogen-bond donors (Lipinski definition) is 0. The number of ether oxygens (including phenoxy) is 1. The number of halogens is 3. The van der Waals surface area contributed by atoms with E-state index in [2.05, 4.69) is 20.9 Å². The van der Waals surface area contributed by atoms with Crippen molar-refractivity contribution in [3.05, 3.63) is 51.3 Å². The topological polar surface area (TPSA) is 45.9 Å². The summed E-state index contributed by atoms with van der Waals surface area (Å²) < 4.78 is 19.4. The molecule has 0 N–H and O–H groups in total. The average molecular weight is 328 g/mol. The zero-order valence-corrected chi connectivity index (χ0v) is 11.2. The highest BCUT2D eigenvalue weighted by Gasteiger charge is 2.08. The number of rotatable bonds is 2. The van der Waals surface area contributed by atoms with E-state index in [1.165, 1.54) is 24.3 Å². The zero-order chi connectivity index (χ0) is 13.1. The fourth-order valence-corrected chi connectivity index (χ4v) is 1.80. The van der Waals surface area contributed by atoms with Crippen molar-refractivity contribution in [2.24, 2.45) is 0 Å². The first kappa shape index (κ1) is 12.8. The van der Waals surface area contributed by atoms with Gasteiger partial charge in [-0.3, -0.25) is 0 Å². The fraction of sp³-hybridized carbons (Fsp3) is 0. The number of nitriles is 1. The lowest BCUT2D eigenvalue weighted by atomic mass is 10.3. The molecule has 2 aromatic rings. The first-order valence-corrected chi connectivity index (χ1v) is 5.96. The number of hydrogen-bond acceptors (Lipinski definition) is 3. The van der Waals surface area contributed by atoms with Crippen molar-refractivity contribution in [1.82, 2.24) is 4.98 Å². The molecule has 1 aromatic carbocycles. The summed E-state index contributed by atoms with van der Waals surface area (Å²) >= 11 is 8.93. The van der Waals surface area contributed by atoms with Gasteiger partial charge in [-0.1, -0.05) is 27.5 Å². The molecule has 0 atom stereocenters. The van der Waals surface area contributed by atoms with Crippen LogP contribution in [0.1, 0.15) is 5.56 Å². The maximum atomic E-state index is 13.5. The molecule has 3 nitrogen and oxygen atoms in total. The van der Waals surface area contributed by atoms with Crippen LogP contribution in [0.2, 0.25) is 5.15 Å². The lowest BCUT2D eigenvalue weighted by Gasteiger charge is -2.06. The second-order valence-electron chi connectivity index (χ2n) is 3.31. The van der Waals surface area contributed by atoms with Gasteiger partial charge in [0.25, 0.3) is 0 Å². The summed E-state index contributed by atoms with van der Waals surface area (Å²) in [6, 6.07) is 8.96. The Labute approximate surface area is 116 Å². The Morgan fingerprint density at radius 2 is 2.11 bits per heavy atom. The predicted octanol–water partition coefficient (Wildman–Crippen LogP) is 4.30. The van der Waals surface area contributed by atoms with Crippen LogP contribution in [0.25, 0.3) is 0 Å². The molecule has 0 fully saturated rings. The molecule has 6 heteroatoms. The molecule has 0 saturated heterocycles. The molecule has 90 valence electrons. The van der Waals surface area contributed by atoms with Gasteiger partial charge in [0.05, 0.1) is 11.6 Å². The van der Waals surface area contributed by atoms with Crippen molar-refractivity contribution >= 4 is 27.5 Å². The molecule has 0 radical (unpaired) electrons. The smallest absolute Gasteiger partial charge is 0.222 e. The van der Waals surface area contributed by atoms with E-state index in [-0.39, 0.29) is 16.8 Å². The van der Waals surface area contributed by atoms with Gasteiger partial charge in [-0.05, 0) is 24.3 Å². The third-order valence-electron chi connectivity index (χ3n) is 2.01. The van der Waals surface area contributed by atoms with Gasteiger partial charge in [0.2, 0.25) is 5.88 Å². The van der Waals surface area contributed by atoms with Crippen LogP contribution >= 0.6 is 27.5 Å². The van der Waals surface area contributed by atoms with E-state index in [9.17, 15) is 4.39 Å². The standard InChI is InChI=1S/C12H5BrClFN2O/c13-8-1-2-9(15)10(5-8)18-12-4-7(6-16)3-11(14)17-12/h1-5H. The minimum absolute atomic E-state index is 0.00281. The summed E-state index contributed by atoms with van der Waals surface area (Å²) in [6.45, 7) is 0. The summed E-state index contributed by atoms with van der Waals surface area (Å²) in [6.07, 6.45) is 0. The second-order valence-corrected chi connectivity index (χ2v) is 4.61. The number of benzene rings is 1. The number of nitrogens with zero attached hydrogens (tertiary/aromatic N) is 2. The van der Waals surface area contributed by atoms with Crippen molar-refractivity contribution in [3.8, 4) is 17.7 Å². The van der Waals surface area contributed by atoms with Crippen molar-refractivity contribution in [2.75, 3.05) is 0 Å². The maximum absolute atomic E-state index is 13.5. The molecule has 0 aliphatic rings. The molecule has 0 aliphatic carbocycles. The molecule has 18 heavy (non-hydrogen) atoms. The minimum Gasteiger partial charge on any atom is -0.436 e. The lowest BCUT2D eigenvalue weighted by Crippen LogP contribution is -1.92. The van der Waals surface area contributed by atoms with Crippen LogP contribution < -0.4 is 4.74 Å². The van der Waals surface area contributed by atoms with Crippen LogP contribution in [0.5, 0.6) is 11.6 Å². The summed E-state index contributed by atoms with van der Waals surface area (Å²) in [7, 11) is 0. The Morgan fingerprint density at radius 3 is 2.83 bits per heavy atom. The Balaban J connectivity index is 2.37. The fourth-order valence-electron chi connectivity index (χ4n) is 1.26. The van der Waals surface area contributed by atoms with E-state index in [0.29, 0.717) is 10.0 Å². The molecule has 0 saturated carbocycles. The second kappa shape index (κ2) is 5.34. The molecular formula is C12H5BrClFN2O. The first-order valence-electron chi connectivity index (χ1n) is 4.79. The Morgan fingerprint density at radius 1 is 1.33 bits per heavy atom. The molecule has 0 aliphatic heterocycles. The molecule has 2 rings (SSSR count). The molecule has 0 unspecified atom stereocenters. The first-order chi connectivity index (χ1) is 8.58. The number of aromatic nitrogens is 1. The molecular weight excluding hydrogens is 323 g/mol. The molecule has 0 amide bonds. The average Bonchev–Trinajstić information content (AvgIpc) is 2.33. The van der Waals surface area contributed by atoms with E-state index in [4.69, 9.17) is 21.6 Å². The summed E-state index contributed by atoms with van der Waals surface area (Å²) in [4.78, 5) is 3.86. The summed E-state index contributed by atoms with van der Waals surface area (Å²) in [5.41, 5.74) is 0.292. The third-order valence-corrected chi connectivity index (χ3v) is 2.69. The third kappa shape index (κ3) is 2.97. The van der Waals surface area contributed by atoms with Crippen molar-refractivity contribution in [1.29, 1.82) is 5.26 Å². The van der Waals surface area contributed by atoms with Crippen LogP contribution in [0, 0.1) is 17.1 Å². The van der Waals surface area contributed by atoms with Gasteiger partial charge in [-0.2, -0.15) is 5.26 Å². The monoisotopic (exact) mass is 326 g/mol. The van der Waals surface area contributed by atoms with Gasteiger partial charge in [-0.25, -0.2) is 9.37 Å².